The van der Waals surface area contributed by atoms with Crippen LogP contribution in [0, 0.1) is 0 Å². The number of rotatable bonds is 5. The summed E-state index contributed by atoms with van der Waals surface area (Å²) in [6.45, 7) is 0.976. The van der Waals surface area contributed by atoms with Crippen molar-refractivity contribution in [2.45, 2.75) is 0 Å². The molecule has 0 fully saturated rings. The van der Waals surface area contributed by atoms with Gasteiger partial charge in [0.05, 0.1) is 9.72 Å². The minimum atomic E-state index is -0.664. The van der Waals surface area contributed by atoms with E-state index in [4.69, 9.17) is 16.0 Å². The molecule has 0 atom stereocenters. The lowest BCUT2D eigenvalue weighted by Gasteiger charge is -2.21. The SMILES string of the molecule is CN(C)CCN(C(=O)c1cc2ccccc2oc1=O)c1nc2c(Cl)cccc2s1.Cl. The Labute approximate surface area is 188 Å². The van der Waals surface area contributed by atoms with Gasteiger partial charge in [-0.3, -0.25) is 9.69 Å². The maximum absolute atomic E-state index is 13.4. The third kappa shape index (κ3) is 4.34. The highest BCUT2D eigenvalue weighted by molar-refractivity contribution is 7.22. The van der Waals surface area contributed by atoms with Gasteiger partial charge in [0.15, 0.2) is 5.13 Å². The fraction of sp³-hybridized carbons (Fsp3) is 0.190. The van der Waals surface area contributed by atoms with Gasteiger partial charge in [-0.15, -0.1) is 12.4 Å². The molecule has 0 N–H and O–H groups in total. The largest absolute Gasteiger partial charge is 0.422 e. The highest BCUT2D eigenvalue weighted by Crippen LogP contribution is 2.33. The van der Waals surface area contributed by atoms with Crippen LogP contribution in [-0.4, -0.2) is 43.0 Å². The van der Waals surface area contributed by atoms with Crippen LogP contribution in [0.3, 0.4) is 0 Å². The van der Waals surface area contributed by atoms with Gasteiger partial charge in [0, 0.05) is 18.5 Å². The van der Waals surface area contributed by atoms with Gasteiger partial charge < -0.3 is 9.32 Å². The van der Waals surface area contributed by atoms with Gasteiger partial charge in [0.1, 0.15) is 16.7 Å². The van der Waals surface area contributed by atoms with Gasteiger partial charge in [0.25, 0.3) is 5.91 Å². The second-order valence-electron chi connectivity index (χ2n) is 6.83. The molecular weight excluding hydrogens is 445 g/mol. The summed E-state index contributed by atoms with van der Waals surface area (Å²) in [5, 5.41) is 1.71. The Morgan fingerprint density at radius 1 is 1.13 bits per heavy atom. The lowest BCUT2D eigenvalue weighted by Crippen LogP contribution is -2.38. The Morgan fingerprint density at radius 2 is 1.90 bits per heavy atom. The third-order valence-electron chi connectivity index (χ3n) is 4.48. The molecule has 6 nitrogen and oxygen atoms in total. The van der Waals surface area contributed by atoms with E-state index in [9.17, 15) is 9.59 Å². The number of hydrogen-bond acceptors (Lipinski definition) is 6. The Morgan fingerprint density at radius 3 is 2.63 bits per heavy atom. The molecule has 2 aromatic carbocycles. The number of benzene rings is 2. The monoisotopic (exact) mass is 463 g/mol. The molecule has 30 heavy (non-hydrogen) atoms. The van der Waals surface area contributed by atoms with Crippen molar-refractivity contribution >= 4 is 67.6 Å². The molecule has 9 heteroatoms. The molecule has 0 aliphatic rings. The molecular formula is C21H19Cl2N3O3S. The lowest BCUT2D eigenvalue weighted by atomic mass is 10.1. The van der Waals surface area contributed by atoms with Crippen LogP contribution in [0.25, 0.3) is 21.2 Å². The van der Waals surface area contributed by atoms with Crippen molar-refractivity contribution in [2.75, 3.05) is 32.1 Å². The van der Waals surface area contributed by atoms with Gasteiger partial charge in [-0.25, -0.2) is 9.78 Å². The van der Waals surface area contributed by atoms with Crippen molar-refractivity contribution in [3.8, 4) is 0 Å². The standard InChI is InChI=1S/C21H18ClN3O3S.ClH/c1-24(2)10-11-25(21-23-18-15(22)7-5-9-17(18)29-21)19(26)14-12-13-6-3-4-8-16(13)28-20(14)27;/h3-9,12H,10-11H2,1-2H3;1H. The van der Waals surface area contributed by atoms with Gasteiger partial charge in [-0.1, -0.05) is 47.2 Å². The maximum Gasteiger partial charge on any atom is 0.349 e. The minimum Gasteiger partial charge on any atom is -0.422 e. The minimum absolute atomic E-state index is 0. The third-order valence-corrected chi connectivity index (χ3v) is 5.83. The molecule has 0 radical (unpaired) electrons. The molecule has 2 aromatic heterocycles. The lowest BCUT2D eigenvalue weighted by molar-refractivity contribution is 0.0982. The molecule has 0 aliphatic carbocycles. The first-order chi connectivity index (χ1) is 13.9. The zero-order chi connectivity index (χ0) is 20.5. The summed E-state index contributed by atoms with van der Waals surface area (Å²) in [4.78, 5) is 33.9. The normalized spacial score (nSPS) is 11.1. The van der Waals surface area contributed by atoms with Crippen molar-refractivity contribution in [2.24, 2.45) is 0 Å². The van der Waals surface area contributed by atoms with Crippen LogP contribution < -0.4 is 10.5 Å². The fourth-order valence-electron chi connectivity index (χ4n) is 2.96. The second-order valence-corrected chi connectivity index (χ2v) is 8.24. The number of likely N-dealkylation sites (N-methyl/N-ethyl adjacent to an activating group) is 1. The second kappa shape index (κ2) is 9.14. The molecule has 0 bridgehead atoms. The summed E-state index contributed by atoms with van der Waals surface area (Å²) in [7, 11) is 3.84. The van der Waals surface area contributed by atoms with Crippen molar-refractivity contribution in [3.05, 3.63) is 69.5 Å². The van der Waals surface area contributed by atoms with E-state index in [0.29, 0.717) is 39.7 Å². The number of aromatic nitrogens is 1. The molecule has 0 unspecified atom stereocenters. The molecule has 0 saturated heterocycles. The van der Waals surface area contributed by atoms with E-state index in [0.717, 1.165) is 4.70 Å². The van der Waals surface area contributed by atoms with E-state index < -0.39 is 11.5 Å². The Bertz CT molecular complexity index is 1270. The molecule has 4 rings (SSSR count). The number of amides is 1. The Kier molecular flexibility index (Phi) is 6.77. The van der Waals surface area contributed by atoms with Gasteiger partial charge in [-0.05, 0) is 38.4 Å². The number of halogens is 2. The van der Waals surface area contributed by atoms with E-state index >= 15 is 0 Å². The number of fused-ring (bicyclic) bond motifs is 2. The number of para-hydroxylation sites is 2. The number of carbonyl (C=O) groups is 1. The molecule has 0 spiro atoms. The quantitative estimate of drug-likeness (QED) is 0.401. The topological polar surface area (TPSA) is 66.7 Å². The highest BCUT2D eigenvalue weighted by atomic mass is 35.5. The average molecular weight is 464 g/mol. The van der Waals surface area contributed by atoms with Crippen molar-refractivity contribution in [1.82, 2.24) is 9.88 Å². The first-order valence-corrected chi connectivity index (χ1v) is 10.2. The Hall–Kier alpha value is -2.45. The number of carbonyl (C=O) groups excluding carboxylic acids is 1. The van der Waals surface area contributed by atoms with E-state index in [2.05, 4.69) is 4.98 Å². The van der Waals surface area contributed by atoms with Crippen molar-refractivity contribution < 1.29 is 9.21 Å². The zero-order valence-electron chi connectivity index (χ0n) is 16.3. The van der Waals surface area contributed by atoms with Crippen LogP contribution >= 0.6 is 35.3 Å². The first-order valence-electron chi connectivity index (χ1n) is 8.98. The van der Waals surface area contributed by atoms with E-state index in [1.165, 1.54) is 16.2 Å². The summed E-state index contributed by atoms with van der Waals surface area (Å²) in [6.07, 6.45) is 0. The van der Waals surface area contributed by atoms with Crippen LogP contribution in [-0.2, 0) is 0 Å². The van der Waals surface area contributed by atoms with Crippen LogP contribution in [0.1, 0.15) is 10.4 Å². The summed E-state index contributed by atoms with van der Waals surface area (Å²) >= 11 is 7.62. The summed E-state index contributed by atoms with van der Waals surface area (Å²) in [5.41, 5.74) is 0.401. The number of thiazole rings is 1. The predicted molar refractivity (Wildman–Crippen MR) is 125 cm³/mol. The van der Waals surface area contributed by atoms with Crippen LogP contribution in [0.15, 0.2) is 57.7 Å². The summed E-state index contributed by atoms with van der Waals surface area (Å²) in [6, 6.07) is 14.2. The Balaban J connectivity index is 0.00000256. The number of hydrogen-bond donors (Lipinski definition) is 0. The van der Waals surface area contributed by atoms with Crippen molar-refractivity contribution in [3.63, 3.8) is 0 Å². The highest BCUT2D eigenvalue weighted by Gasteiger charge is 2.25. The molecule has 1 amide bonds. The van der Waals surface area contributed by atoms with Gasteiger partial charge >= 0.3 is 5.63 Å². The van der Waals surface area contributed by atoms with Crippen molar-refractivity contribution in [1.29, 1.82) is 0 Å². The summed E-state index contributed by atoms with van der Waals surface area (Å²) in [5.74, 6) is -0.443. The number of nitrogens with zero attached hydrogens (tertiary/aromatic N) is 3. The smallest absolute Gasteiger partial charge is 0.349 e. The number of anilines is 1. The molecule has 156 valence electrons. The van der Waals surface area contributed by atoms with E-state index in [-0.39, 0.29) is 18.0 Å². The zero-order valence-corrected chi connectivity index (χ0v) is 18.7. The van der Waals surface area contributed by atoms with E-state index in [1.807, 2.05) is 37.2 Å². The van der Waals surface area contributed by atoms with Gasteiger partial charge in [-0.2, -0.15) is 0 Å². The predicted octanol–water partition coefficient (Wildman–Crippen LogP) is 4.69. The summed E-state index contributed by atoms with van der Waals surface area (Å²) < 4.78 is 6.23. The average Bonchev–Trinajstić information content (AvgIpc) is 3.12. The molecule has 0 saturated carbocycles. The molecule has 4 aromatic rings. The van der Waals surface area contributed by atoms with Crippen LogP contribution in [0.5, 0.6) is 0 Å². The van der Waals surface area contributed by atoms with Crippen LogP contribution in [0.2, 0.25) is 5.02 Å². The van der Waals surface area contributed by atoms with Gasteiger partial charge in [0.2, 0.25) is 0 Å². The fourth-order valence-corrected chi connectivity index (χ4v) is 4.25. The molecule has 2 heterocycles. The van der Waals surface area contributed by atoms with E-state index in [1.54, 1.807) is 30.3 Å². The molecule has 0 aliphatic heterocycles. The first kappa shape index (κ1) is 22.2. The van der Waals surface area contributed by atoms with Crippen LogP contribution in [0.4, 0.5) is 5.13 Å². The maximum atomic E-state index is 13.4.